The fourth-order valence-corrected chi connectivity index (χ4v) is 1.98. The van der Waals surface area contributed by atoms with Crippen molar-refractivity contribution in [2.75, 3.05) is 0 Å². The van der Waals surface area contributed by atoms with E-state index in [0.29, 0.717) is 11.3 Å². The smallest absolute Gasteiger partial charge is 0.311 e. The Bertz CT molecular complexity index is 726. The predicted molar refractivity (Wildman–Crippen MR) is 80.1 cm³/mol. The van der Waals surface area contributed by atoms with Crippen LogP contribution in [-0.4, -0.2) is 10.8 Å². The number of nitro benzene ring substituents is 1. The average molecular weight is 285 g/mol. The highest BCUT2D eigenvalue weighted by molar-refractivity contribution is 5.96. The van der Waals surface area contributed by atoms with Crippen molar-refractivity contribution in [1.82, 2.24) is 0 Å². The summed E-state index contributed by atoms with van der Waals surface area (Å²) in [6.45, 7) is 3.63. The number of nitro groups is 1. The van der Waals surface area contributed by atoms with Gasteiger partial charge in [-0.3, -0.25) is 15.5 Å². The quantitative estimate of drug-likeness (QED) is 0.389. The fraction of sp³-hybridized carbons (Fsp3) is 0.133. The average Bonchev–Trinajstić information content (AvgIpc) is 2.37. The van der Waals surface area contributed by atoms with Crippen LogP contribution in [0.3, 0.4) is 0 Å². The number of hydrogen-bond donors (Lipinski definition) is 2. The van der Waals surface area contributed by atoms with Gasteiger partial charge in [-0.25, -0.2) is 0 Å². The van der Waals surface area contributed by atoms with E-state index < -0.39 is 4.92 Å². The Morgan fingerprint density at radius 3 is 2.52 bits per heavy atom. The Hall–Kier alpha value is -2.89. The first kappa shape index (κ1) is 14.5. The Kier molecular flexibility index (Phi) is 3.89. The Labute approximate surface area is 121 Å². The van der Waals surface area contributed by atoms with E-state index in [4.69, 9.17) is 15.9 Å². The van der Waals surface area contributed by atoms with Crippen LogP contribution in [0.4, 0.5) is 5.69 Å². The number of nitrogens with two attached hydrogens (primary N) is 1. The monoisotopic (exact) mass is 285 g/mol. The third kappa shape index (κ3) is 3.17. The number of aryl methyl sites for hydroxylation is 2. The zero-order valence-electron chi connectivity index (χ0n) is 11.7. The molecule has 0 aliphatic carbocycles. The van der Waals surface area contributed by atoms with Gasteiger partial charge in [0, 0.05) is 11.6 Å². The maximum atomic E-state index is 11.0. The van der Waals surface area contributed by atoms with Crippen LogP contribution in [0.2, 0.25) is 0 Å². The van der Waals surface area contributed by atoms with Crippen LogP contribution in [0.5, 0.6) is 11.5 Å². The number of benzene rings is 2. The van der Waals surface area contributed by atoms with Gasteiger partial charge >= 0.3 is 5.69 Å². The minimum absolute atomic E-state index is 0.0272. The van der Waals surface area contributed by atoms with Gasteiger partial charge in [0.1, 0.15) is 11.6 Å². The van der Waals surface area contributed by atoms with Crippen molar-refractivity contribution in [1.29, 1.82) is 5.41 Å². The molecule has 0 aliphatic rings. The largest absolute Gasteiger partial charge is 0.450 e. The molecule has 0 amide bonds. The Morgan fingerprint density at radius 2 is 1.95 bits per heavy atom. The number of nitrogens with one attached hydrogen (secondary N) is 1. The molecule has 0 atom stereocenters. The first-order valence-corrected chi connectivity index (χ1v) is 6.26. The van der Waals surface area contributed by atoms with Gasteiger partial charge in [-0.15, -0.1) is 0 Å². The van der Waals surface area contributed by atoms with Gasteiger partial charge in [0.05, 0.1) is 4.92 Å². The summed E-state index contributed by atoms with van der Waals surface area (Å²) in [6.07, 6.45) is 0. The van der Waals surface area contributed by atoms with Gasteiger partial charge in [0.25, 0.3) is 0 Å². The number of rotatable bonds is 4. The molecular weight excluding hydrogens is 270 g/mol. The highest BCUT2D eigenvalue weighted by Crippen LogP contribution is 2.32. The third-order valence-electron chi connectivity index (χ3n) is 3.03. The van der Waals surface area contributed by atoms with E-state index in [2.05, 4.69) is 0 Å². The molecule has 0 spiro atoms. The molecule has 0 saturated carbocycles. The molecule has 2 rings (SSSR count). The number of ether oxygens (including phenoxy) is 1. The van der Waals surface area contributed by atoms with Crippen LogP contribution in [0, 0.1) is 29.4 Å². The molecule has 6 heteroatoms. The molecule has 2 aromatic carbocycles. The second-order valence-corrected chi connectivity index (χ2v) is 4.72. The SMILES string of the molecule is Cc1ccc([N+](=O)[O-])c(Oc2ccc(C(=N)N)c(C)c2)c1. The molecule has 0 radical (unpaired) electrons. The van der Waals surface area contributed by atoms with E-state index in [1.807, 2.05) is 6.92 Å². The van der Waals surface area contributed by atoms with Gasteiger partial charge in [0.15, 0.2) is 0 Å². The normalized spacial score (nSPS) is 10.2. The van der Waals surface area contributed by atoms with E-state index >= 15 is 0 Å². The summed E-state index contributed by atoms with van der Waals surface area (Å²) in [4.78, 5) is 10.5. The number of amidine groups is 1. The summed E-state index contributed by atoms with van der Waals surface area (Å²) >= 11 is 0. The molecular formula is C15H15N3O3. The topological polar surface area (TPSA) is 102 Å². The van der Waals surface area contributed by atoms with Gasteiger partial charge in [0.2, 0.25) is 5.75 Å². The van der Waals surface area contributed by atoms with Gasteiger partial charge in [-0.05, 0) is 49.2 Å². The van der Waals surface area contributed by atoms with E-state index in [1.165, 1.54) is 6.07 Å². The van der Waals surface area contributed by atoms with E-state index in [0.717, 1.165) is 11.1 Å². The molecule has 0 saturated heterocycles. The van der Waals surface area contributed by atoms with Crippen LogP contribution in [0.25, 0.3) is 0 Å². The van der Waals surface area contributed by atoms with Gasteiger partial charge < -0.3 is 10.5 Å². The fourth-order valence-electron chi connectivity index (χ4n) is 1.98. The second kappa shape index (κ2) is 5.62. The Morgan fingerprint density at radius 1 is 1.24 bits per heavy atom. The lowest BCUT2D eigenvalue weighted by molar-refractivity contribution is -0.385. The zero-order valence-corrected chi connectivity index (χ0v) is 11.7. The molecule has 0 heterocycles. The van der Waals surface area contributed by atoms with Gasteiger partial charge in [-0.1, -0.05) is 6.07 Å². The summed E-state index contributed by atoms with van der Waals surface area (Å²) in [7, 11) is 0. The number of nitrogens with zero attached hydrogens (tertiary/aromatic N) is 1. The van der Waals surface area contributed by atoms with Crippen molar-refractivity contribution in [3.05, 3.63) is 63.2 Å². The van der Waals surface area contributed by atoms with Crippen LogP contribution in [-0.2, 0) is 0 Å². The molecule has 0 aromatic heterocycles. The van der Waals surface area contributed by atoms with Crippen LogP contribution >= 0.6 is 0 Å². The van der Waals surface area contributed by atoms with E-state index in [-0.39, 0.29) is 17.3 Å². The van der Waals surface area contributed by atoms with Crippen molar-refractivity contribution in [3.63, 3.8) is 0 Å². The first-order valence-electron chi connectivity index (χ1n) is 6.26. The maximum Gasteiger partial charge on any atom is 0.311 e. The summed E-state index contributed by atoms with van der Waals surface area (Å²) in [6, 6.07) is 9.69. The van der Waals surface area contributed by atoms with Crippen molar-refractivity contribution in [2.24, 2.45) is 5.73 Å². The molecule has 0 fully saturated rings. The summed E-state index contributed by atoms with van der Waals surface area (Å²) in [5.41, 5.74) is 7.62. The van der Waals surface area contributed by atoms with Crippen molar-refractivity contribution in [2.45, 2.75) is 13.8 Å². The summed E-state index contributed by atoms with van der Waals surface area (Å²) in [5.74, 6) is 0.627. The number of nitrogen functional groups attached to an aromatic ring is 1. The van der Waals surface area contributed by atoms with Gasteiger partial charge in [-0.2, -0.15) is 0 Å². The van der Waals surface area contributed by atoms with Crippen LogP contribution < -0.4 is 10.5 Å². The minimum atomic E-state index is -0.481. The highest BCUT2D eigenvalue weighted by atomic mass is 16.6. The third-order valence-corrected chi connectivity index (χ3v) is 3.03. The lowest BCUT2D eigenvalue weighted by atomic mass is 10.1. The van der Waals surface area contributed by atoms with Crippen molar-refractivity contribution >= 4 is 11.5 Å². The van der Waals surface area contributed by atoms with Crippen molar-refractivity contribution in [3.8, 4) is 11.5 Å². The van der Waals surface area contributed by atoms with Crippen LogP contribution in [0.15, 0.2) is 36.4 Å². The lowest BCUT2D eigenvalue weighted by Crippen LogP contribution is -2.12. The molecule has 0 bridgehead atoms. The zero-order chi connectivity index (χ0) is 15.6. The van der Waals surface area contributed by atoms with E-state index in [1.54, 1.807) is 37.3 Å². The lowest BCUT2D eigenvalue weighted by Gasteiger charge is -2.10. The molecule has 3 N–H and O–H groups in total. The second-order valence-electron chi connectivity index (χ2n) is 4.72. The number of hydrogen-bond acceptors (Lipinski definition) is 4. The molecule has 0 unspecified atom stereocenters. The minimum Gasteiger partial charge on any atom is -0.450 e. The summed E-state index contributed by atoms with van der Waals surface area (Å²) in [5, 5.41) is 18.4. The van der Waals surface area contributed by atoms with Crippen LogP contribution in [0.1, 0.15) is 16.7 Å². The highest BCUT2D eigenvalue weighted by Gasteiger charge is 2.16. The maximum absolute atomic E-state index is 11.0. The first-order chi connectivity index (χ1) is 9.88. The summed E-state index contributed by atoms with van der Waals surface area (Å²) < 4.78 is 5.61. The van der Waals surface area contributed by atoms with E-state index in [9.17, 15) is 10.1 Å². The molecule has 2 aromatic rings. The standard InChI is InChI=1S/C15H15N3O3/c1-9-3-6-13(18(19)20)14(7-9)21-11-4-5-12(15(16)17)10(2)8-11/h3-8H,1-2H3,(H3,16,17). The molecule has 6 nitrogen and oxygen atoms in total. The molecule has 21 heavy (non-hydrogen) atoms. The predicted octanol–water partition coefficient (Wildman–Crippen LogP) is 3.29. The molecule has 0 aliphatic heterocycles. The molecule has 108 valence electrons. The Balaban J connectivity index is 2.38. The van der Waals surface area contributed by atoms with Crippen molar-refractivity contribution < 1.29 is 9.66 Å².